The van der Waals surface area contributed by atoms with Crippen molar-refractivity contribution in [1.82, 2.24) is 4.57 Å². The second kappa shape index (κ2) is 3.27. The Bertz CT molecular complexity index is 579. The number of hydrogen-bond acceptors (Lipinski definition) is 4. The highest BCUT2D eigenvalue weighted by molar-refractivity contribution is 5.88. The second-order valence-electron chi connectivity index (χ2n) is 3.06. The zero-order valence-corrected chi connectivity index (χ0v) is 8.31. The summed E-state index contributed by atoms with van der Waals surface area (Å²) in [6.45, 7) is 1.30. The highest BCUT2D eigenvalue weighted by atomic mass is 16.5. The van der Waals surface area contributed by atoms with E-state index in [1.807, 2.05) is 0 Å². The van der Waals surface area contributed by atoms with Crippen molar-refractivity contribution in [3.63, 3.8) is 0 Å². The van der Waals surface area contributed by atoms with Gasteiger partial charge >= 0.3 is 5.76 Å². The van der Waals surface area contributed by atoms with Gasteiger partial charge in [-0.1, -0.05) is 0 Å². The van der Waals surface area contributed by atoms with Crippen LogP contribution in [-0.4, -0.2) is 17.6 Å². The summed E-state index contributed by atoms with van der Waals surface area (Å²) < 4.78 is 10.9. The molecule has 0 unspecified atom stereocenters. The Balaban J connectivity index is 2.83. The summed E-state index contributed by atoms with van der Waals surface area (Å²) in [5.74, 6) is -0.490. The molecule has 0 radical (unpaired) electrons. The SMILES string of the molecule is COc1ccc2oc(=O)n(C(C)=O)c2c1. The first-order valence-corrected chi connectivity index (χ1v) is 4.34. The van der Waals surface area contributed by atoms with Gasteiger partial charge in [-0.3, -0.25) is 4.79 Å². The number of oxazole rings is 1. The molecule has 0 amide bonds. The minimum Gasteiger partial charge on any atom is -0.497 e. The van der Waals surface area contributed by atoms with E-state index < -0.39 is 5.76 Å². The van der Waals surface area contributed by atoms with E-state index in [0.717, 1.165) is 4.57 Å². The van der Waals surface area contributed by atoms with Crippen LogP contribution in [0.4, 0.5) is 0 Å². The molecule has 0 aliphatic carbocycles. The smallest absolute Gasteiger partial charge is 0.426 e. The normalized spacial score (nSPS) is 10.5. The van der Waals surface area contributed by atoms with Crippen LogP contribution in [0.1, 0.15) is 11.7 Å². The predicted octanol–water partition coefficient (Wildman–Crippen LogP) is 1.26. The van der Waals surface area contributed by atoms with Crippen LogP contribution in [0.3, 0.4) is 0 Å². The van der Waals surface area contributed by atoms with Gasteiger partial charge in [-0.25, -0.2) is 9.36 Å². The van der Waals surface area contributed by atoms with Crippen molar-refractivity contribution >= 4 is 17.0 Å². The Morgan fingerprint density at radius 2 is 2.20 bits per heavy atom. The van der Waals surface area contributed by atoms with Gasteiger partial charge in [0.15, 0.2) is 5.58 Å². The molecule has 2 rings (SSSR count). The van der Waals surface area contributed by atoms with Crippen molar-refractivity contribution in [2.45, 2.75) is 6.92 Å². The maximum Gasteiger partial charge on any atom is 0.426 e. The lowest BCUT2D eigenvalue weighted by Gasteiger charge is -1.99. The van der Waals surface area contributed by atoms with E-state index in [2.05, 4.69) is 0 Å². The molecule has 0 saturated carbocycles. The molecule has 0 saturated heterocycles. The molecule has 0 aliphatic rings. The molecule has 78 valence electrons. The van der Waals surface area contributed by atoms with Gasteiger partial charge in [0.1, 0.15) is 11.3 Å². The molecule has 15 heavy (non-hydrogen) atoms. The Morgan fingerprint density at radius 1 is 1.47 bits per heavy atom. The van der Waals surface area contributed by atoms with E-state index in [9.17, 15) is 9.59 Å². The highest BCUT2D eigenvalue weighted by Gasteiger charge is 2.12. The van der Waals surface area contributed by atoms with Gasteiger partial charge < -0.3 is 9.15 Å². The number of ether oxygens (including phenoxy) is 1. The van der Waals surface area contributed by atoms with E-state index >= 15 is 0 Å². The van der Waals surface area contributed by atoms with E-state index in [1.165, 1.54) is 14.0 Å². The third-order valence-electron chi connectivity index (χ3n) is 2.10. The zero-order valence-electron chi connectivity index (χ0n) is 8.31. The summed E-state index contributed by atoms with van der Waals surface area (Å²) in [6.07, 6.45) is 0. The van der Waals surface area contributed by atoms with Crippen LogP contribution in [0.15, 0.2) is 27.4 Å². The Kier molecular flexibility index (Phi) is 2.07. The van der Waals surface area contributed by atoms with E-state index in [0.29, 0.717) is 16.8 Å². The first kappa shape index (κ1) is 9.51. The quantitative estimate of drug-likeness (QED) is 0.706. The fraction of sp³-hybridized carbons (Fsp3) is 0.200. The Morgan fingerprint density at radius 3 is 2.80 bits per heavy atom. The molecule has 0 spiro atoms. The van der Waals surface area contributed by atoms with Gasteiger partial charge in [0.25, 0.3) is 0 Å². The summed E-state index contributed by atoms with van der Waals surface area (Å²) in [4.78, 5) is 22.5. The third kappa shape index (κ3) is 1.41. The molecule has 1 aromatic heterocycles. The minimum absolute atomic E-state index is 0.371. The minimum atomic E-state index is -0.675. The Hall–Kier alpha value is -2.04. The van der Waals surface area contributed by atoms with E-state index in [-0.39, 0.29) is 5.91 Å². The number of rotatable bonds is 1. The van der Waals surface area contributed by atoms with Gasteiger partial charge in [-0.05, 0) is 12.1 Å². The summed E-state index contributed by atoms with van der Waals surface area (Å²) in [6, 6.07) is 4.84. The maximum atomic E-state index is 11.3. The number of hydrogen-bond donors (Lipinski definition) is 0. The highest BCUT2D eigenvalue weighted by Crippen LogP contribution is 2.19. The maximum absolute atomic E-state index is 11.3. The van der Waals surface area contributed by atoms with Gasteiger partial charge in [0.2, 0.25) is 5.91 Å². The molecule has 2 aromatic rings. The molecule has 0 atom stereocenters. The summed E-state index contributed by atoms with van der Waals surface area (Å²) in [5, 5.41) is 0. The summed E-state index contributed by atoms with van der Waals surface area (Å²) in [7, 11) is 1.51. The molecule has 0 N–H and O–H groups in total. The van der Waals surface area contributed by atoms with Crippen molar-refractivity contribution in [1.29, 1.82) is 0 Å². The van der Waals surface area contributed by atoms with Crippen LogP contribution in [0.5, 0.6) is 5.75 Å². The molecular formula is C10H9NO4. The van der Waals surface area contributed by atoms with Crippen LogP contribution >= 0.6 is 0 Å². The number of fused-ring (bicyclic) bond motifs is 1. The molecule has 5 heteroatoms. The van der Waals surface area contributed by atoms with Crippen LogP contribution < -0.4 is 10.5 Å². The lowest BCUT2D eigenvalue weighted by Crippen LogP contribution is -2.19. The van der Waals surface area contributed by atoms with E-state index in [1.54, 1.807) is 18.2 Å². The van der Waals surface area contributed by atoms with Crippen LogP contribution in [0.2, 0.25) is 0 Å². The van der Waals surface area contributed by atoms with Gasteiger partial charge in [0, 0.05) is 13.0 Å². The number of methoxy groups -OCH3 is 1. The number of carbonyl (C=O) groups excluding carboxylic acids is 1. The summed E-state index contributed by atoms with van der Waals surface area (Å²) >= 11 is 0. The average Bonchev–Trinajstić information content (AvgIpc) is 2.52. The lowest BCUT2D eigenvalue weighted by atomic mass is 10.3. The van der Waals surface area contributed by atoms with Crippen molar-refractivity contribution in [2.24, 2.45) is 0 Å². The summed E-state index contributed by atoms with van der Waals surface area (Å²) in [5.41, 5.74) is 0.794. The van der Waals surface area contributed by atoms with Crippen molar-refractivity contribution in [3.05, 3.63) is 28.7 Å². The van der Waals surface area contributed by atoms with Crippen LogP contribution in [-0.2, 0) is 0 Å². The van der Waals surface area contributed by atoms with Crippen molar-refractivity contribution in [3.8, 4) is 5.75 Å². The number of carbonyl (C=O) groups is 1. The molecule has 1 aromatic carbocycles. The molecule has 0 aliphatic heterocycles. The fourth-order valence-corrected chi connectivity index (χ4v) is 1.42. The van der Waals surface area contributed by atoms with Gasteiger partial charge in [-0.15, -0.1) is 0 Å². The van der Waals surface area contributed by atoms with Gasteiger partial charge in [0.05, 0.1) is 7.11 Å². The standard InChI is InChI=1S/C10H9NO4/c1-6(12)11-8-5-7(14-2)3-4-9(8)15-10(11)13/h3-5H,1-2H3. The fourth-order valence-electron chi connectivity index (χ4n) is 1.42. The molecule has 0 bridgehead atoms. The van der Waals surface area contributed by atoms with Crippen molar-refractivity contribution < 1.29 is 13.9 Å². The van der Waals surface area contributed by atoms with E-state index in [4.69, 9.17) is 9.15 Å². The Labute approximate surface area is 84.9 Å². The average molecular weight is 207 g/mol. The largest absolute Gasteiger partial charge is 0.497 e. The predicted molar refractivity (Wildman–Crippen MR) is 53.3 cm³/mol. The molecule has 0 fully saturated rings. The van der Waals surface area contributed by atoms with Crippen molar-refractivity contribution in [2.75, 3.05) is 7.11 Å². The molecular weight excluding hydrogens is 198 g/mol. The first-order valence-electron chi connectivity index (χ1n) is 4.34. The zero-order chi connectivity index (χ0) is 11.0. The topological polar surface area (TPSA) is 61.4 Å². The molecule has 1 heterocycles. The lowest BCUT2D eigenvalue weighted by molar-refractivity contribution is 0.0933. The number of aromatic nitrogens is 1. The monoisotopic (exact) mass is 207 g/mol. The number of nitrogens with zero attached hydrogens (tertiary/aromatic N) is 1. The first-order chi connectivity index (χ1) is 7.13. The second-order valence-corrected chi connectivity index (χ2v) is 3.06. The number of benzene rings is 1. The van der Waals surface area contributed by atoms with Gasteiger partial charge in [-0.2, -0.15) is 0 Å². The third-order valence-corrected chi connectivity index (χ3v) is 2.10. The van der Waals surface area contributed by atoms with Crippen LogP contribution in [0, 0.1) is 0 Å². The molecule has 5 nitrogen and oxygen atoms in total. The van der Waals surface area contributed by atoms with Crippen LogP contribution in [0.25, 0.3) is 11.1 Å².